The minimum absolute atomic E-state index is 0.882. The Bertz CT molecular complexity index is 391. The van der Waals surface area contributed by atoms with Gasteiger partial charge in [0.25, 0.3) is 0 Å². The summed E-state index contributed by atoms with van der Waals surface area (Å²) in [5.41, 5.74) is 1.21. The Morgan fingerprint density at radius 2 is 2.33 bits per heavy atom. The van der Waals surface area contributed by atoms with Gasteiger partial charge in [-0.25, -0.2) is 0 Å². The van der Waals surface area contributed by atoms with Crippen molar-refractivity contribution in [3.8, 4) is 0 Å². The van der Waals surface area contributed by atoms with Gasteiger partial charge in [-0.15, -0.1) is 0 Å². The van der Waals surface area contributed by atoms with E-state index >= 15 is 0 Å². The van der Waals surface area contributed by atoms with Crippen molar-refractivity contribution < 1.29 is 0 Å². The average Bonchev–Trinajstić information content (AvgIpc) is 2.05. The van der Waals surface area contributed by atoms with Gasteiger partial charge in [-0.3, -0.25) is 9.98 Å². The smallest absolute Gasteiger partial charge is 0.0883 e. The first-order chi connectivity index (χ1) is 5.79. The first-order valence-electron chi connectivity index (χ1n) is 3.83. The highest BCUT2D eigenvalue weighted by atomic mass is 14.7. The maximum atomic E-state index is 4.18. The molecular formula is C10H12N2. The summed E-state index contributed by atoms with van der Waals surface area (Å²) in [5.74, 6) is 0. The second kappa shape index (κ2) is 3.81. The molecule has 0 fully saturated rings. The van der Waals surface area contributed by atoms with Crippen molar-refractivity contribution in [2.75, 3.05) is 0 Å². The number of hydrogen-bond donors (Lipinski definition) is 0. The molecule has 0 aliphatic rings. The number of aromatic nitrogens is 1. The Labute approximate surface area is 72.0 Å². The zero-order valence-corrected chi connectivity index (χ0v) is 7.41. The number of nitrogens with zero attached hydrogens (tertiary/aromatic N) is 2. The largest absolute Gasteiger partial charge is 0.270 e. The van der Waals surface area contributed by atoms with Gasteiger partial charge in [0, 0.05) is 11.4 Å². The topological polar surface area (TPSA) is 25.2 Å². The molecule has 0 aromatic carbocycles. The van der Waals surface area contributed by atoms with E-state index in [-0.39, 0.29) is 0 Å². The van der Waals surface area contributed by atoms with Crippen molar-refractivity contribution in [1.29, 1.82) is 0 Å². The third kappa shape index (κ3) is 1.59. The van der Waals surface area contributed by atoms with Gasteiger partial charge in [-0.05, 0) is 32.2 Å². The molecule has 12 heavy (non-hydrogen) atoms. The van der Waals surface area contributed by atoms with E-state index < -0.39 is 0 Å². The summed E-state index contributed by atoms with van der Waals surface area (Å²) in [4.78, 5) is 7.88. The third-order valence-corrected chi connectivity index (χ3v) is 1.74. The summed E-state index contributed by atoms with van der Waals surface area (Å²) in [7, 11) is 0. The number of aliphatic imine (C=N–C) groups is 1. The fourth-order valence-corrected chi connectivity index (χ4v) is 1.16. The molecule has 0 saturated heterocycles. The van der Waals surface area contributed by atoms with Gasteiger partial charge in [0.2, 0.25) is 0 Å². The van der Waals surface area contributed by atoms with Crippen LogP contribution in [0, 0.1) is 6.92 Å². The second-order valence-electron chi connectivity index (χ2n) is 2.53. The fourth-order valence-electron chi connectivity index (χ4n) is 1.16. The lowest BCUT2D eigenvalue weighted by atomic mass is 10.2. The first kappa shape index (κ1) is 8.65. The van der Waals surface area contributed by atoms with Gasteiger partial charge >= 0.3 is 0 Å². The Hall–Kier alpha value is -1.44. The van der Waals surface area contributed by atoms with E-state index in [9.17, 15) is 0 Å². The van der Waals surface area contributed by atoms with E-state index in [4.69, 9.17) is 0 Å². The number of hydrogen-bond acceptors (Lipinski definition) is 2. The highest BCUT2D eigenvalue weighted by Crippen LogP contribution is 1.80. The fraction of sp³-hybridized carbons (Fsp3) is 0.200. The van der Waals surface area contributed by atoms with Crippen LogP contribution in [0.25, 0.3) is 12.3 Å². The van der Waals surface area contributed by atoms with Crippen molar-refractivity contribution in [2.45, 2.75) is 13.8 Å². The Morgan fingerprint density at radius 3 is 2.92 bits per heavy atom. The van der Waals surface area contributed by atoms with E-state index in [2.05, 4.69) is 23.6 Å². The summed E-state index contributed by atoms with van der Waals surface area (Å²) >= 11 is 0. The molecule has 1 rings (SSSR count). The number of aryl methyl sites for hydroxylation is 1. The van der Waals surface area contributed by atoms with E-state index in [0.29, 0.717) is 0 Å². The molecule has 1 aromatic rings. The van der Waals surface area contributed by atoms with Gasteiger partial charge in [0.05, 0.1) is 11.5 Å². The predicted octanol–water partition coefficient (Wildman–Crippen LogP) is 0.629. The average molecular weight is 160 g/mol. The Kier molecular flexibility index (Phi) is 2.75. The van der Waals surface area contributed by atoms with Crippen LogP contribution in [0.2, 0.25) is 0 Å². The highest BCUT2D eigenvalue weighted by Gasteiger charge is 1.88. The Morgan fingerprint density at radius 1 is 1.58 bits per heavy atom. The van der Waals surface area contributed by atoms with Crippen LogP contribution >= 0.6 is 0 Å². The number of rotatable bonds is 1. The van der Waals surface area contributed by atoms with Crippen molar-refractivity contribution in [3.63, 3.8) is 0 Å². The van der Waals surface area contributed by atoms with Crippen molar-refractivity contribution in [2.24, 2.45) is 4.99 Å². The van der Waals surface area contributed by atoms with E-state index in [1.54, 1.807) is 12.4 Å². The summed E-state index contributed by atoms with van der Waals surface area (Å²) in [6, 6.07) is 1.98. The van der Waals surface area contributed by atoms with Gasteiger partial charge < -0.3 is 0 Å². The van der Waals surface area contributed by atoms with Crippen LogP contribution < -0.4 is 10.6 Å². The molecule has 0 N–H and O–H groups in total. The molecule has 0 atom stereocenters. The molecule has 1 heterocycles. The lowest BCUT2D eigenvalue weighted by Crippen LogP contribution is -2.29. The normalized spacial score (nSPS) is 13.5. The molecule has 0 saturated carbocycles. The standard InChI is InChI=1S/C10H12N2/c1-4-9-8(2)5-6-12-10(9)7-11-3/h4-7H,3H2,1-2H3/b9-4-,10-7+. The second-order valence-corrected chi connectivity index (χ2v) is 2.53. The van der Waals surface area contributed by atoms with E-state index in [1.165, 1.54) is 5.56 Å². The number of pyridine rings is 1. The lowest BCUT2D eigenvalue weighted by molar-refractivity contribution is 1.17. The minimum Gasteiger partial charge on any atom is -0.270 e. The maximum absolute atomic E-state index is 4.18. The predicted molar refractivity (Wildman–Crippen MR) is 52.4 cm³/mol. The molecule has 0 aliphatic heterocycles. The van der Waals surface area contributed by atoms with Gasteiger partial charge in [0.15, 0.2) is 0 Å². The first-order valence-corrected chi connectivity index (χ1v) is 3.83. The monoisotopic (exact) mass is 160 g/mol. The van der Waals surface area contributed by atoms with E-state index in [0.717, 1.165) is 10.6 Å². The van der Waals surface area contributed by atoms with Gasteiger partial charge in [0.1, 0.15) is 0 Å². The summed E-state index contributed by atoms with van der Waals surface area (Å²) in [5, 5.41) is 2.01. The molecule has 0 spiro atoms. The molecule has 0 amide bonds. The molecule has 0 bridgehead atoms. The molecular weight excluding hydrogens is 148 g/mol. The van der Waals surface area contributed by atoms with Crippen LogP contribution in [0.4, 0.5) is 0 Å². The van der Waals surface area contributed by atoms with Gasteiger partial charge in [-0.1, -0.05) is 6.08 Å². The minimum atomic E-state index is 0.882. The van der Waals surface area contributed by atoms with Crippen LogP contribution in [-0.2, 0) is 0 Å². The van der Waals surface area contributed by atoms with Crippen LogP contribution in [-0.4, -0.2) is 11.7 Å². The lowest BCUT2D eigenvalue weighted by Gasteiger charge is -1.92. The SMILES string of the molecule is C=N/C=c1/nccc(C)/c1=C/C. The van der Waals surface area contributed by atoms with Crippen molar-refractivity contribution in [1.82, 2.24) is 4.98 Å². The zero-order valence-electron chi connectivity index (χ0n) is 7.41. The van der Waals surface area contributed by atoms with Gasteiger partial charge in [-0.2, -0.15) is 0 Å². The summed E-state index contributed by atoms with van der Waals surface area (Å²) in [6.07, 6.45) is 5.47. The molecule has 0 unspecified atom stereocenters. The quantitative estimate of drug-likeness (QED) is 0.553. The van der Waals surface area contributed by atoms with Crippen molar-refractivity contribution >= 4 is 19.0 Å². The third-order valence-electron chi connectivity index (χ3n) is 1.74. The molecule has 2 nitrogen and oxygen atoms in total. The summed E-state index contributed by atoms with van der Waals surface area (Å²) < 4.78 is 0. The summed E-state index contributed by atoms with van der Waals surface area (Å²) in [6.45, 7) is 7.45. The van der Waals surface area contributed by atoms with E-state index in [1.807, 2.05) is 19.1 Å². The maximum Gasteiger partial charge on any atom is 0.0883 e. The van der Waals surface area contributed by atoms with Crippen LogP contribution in [0.3, 0.4) is 0 Å². The van der Waals surface area contributed by atoms with Crippen LogP contribution in [0.1, 0.15) is 12.5 Å². The van der Waals surface area contributed by atoms with Crippen LogP contribution in [0.15, 0.2) is 17.3 Å². The zero-order chi connectivity index (χ0) is 8.97. The molecule has 1 aromatic heterocycles. The molecule has 0 radical (unpaired) electrons. The van der Waals surface area contributed by atoms with Crippen molar-refractivity contribution in [3.05, 3.63) is 28.4 Å². The molecule has 0 aliphatic carbocycles. The molecule has 2 heteroatoms. The Balaban J connectivity index is 3.61. The van der Waals surface area contributed by atoms with Crippen LogP contribution in [0.5, 0.6) is 0 Å². The highest BCUT2D eigenvalue weighted by molar-refractivity contribution is 5.37. The molecule has 62 valence electrons.